The number of carboxylic acid groups (broad SMARTS) is 1. The Labute approximate surface area is 134 Å². The Morgan fingerprint density at radius 1 is 1.42 bits per heavy atom. The van der Waals surface area contributed by atoms with Crippen LogP contribution in [0, 0.1) is 12.8 Å². The normalized spacial score (nSPS) is 15.5. The average Bonchev–Trinajstić information content (AvgIpc) is 2.22. The summed E-state index contributed by atoms with van der Waals surface area (Å²) in [5.41, 5.74) is 0. The van der Waals surface area contributed by atoms with E-state index >= 15 is 0 Å². The fourth-order valence-electron chi connectivity index (χ4n) is 1.34. The van der Waals surface area contributed by atoms with E-state index in [0.717, 1.165) is 6.08 Å². The molecule has 0 fully saturated rings. The first-order chi connectivity index (χ1) is 8.09. The quantitative estimate of drug-likeness (QED) is 0.285. The van der Waals surface area contributed by atoms with Crippen molar-refractivity contribution >= 4 is 51.6 Å². The van der Waals surface area contributed by atoms with E-state index in [4.69, 9.17) is 14.4 Å². The zero-order valence-corrected chi connectivity index (χ0v) is 10.6. The van der Waals surface area contributed by atoms with Crippen molar-refractivity contribution in [2.24, 2.45) is 5.92 Å². The monoisotopic (exact) mass is 303 g/mol. The SMILES string of the molecule is [CH2]C(C(CC(=O)O)C(C)OC(=O)C=C)S(=O)(=O)O.[NaH]. The van der Waals surface area contributed by atoms with Gasteiger partial charge in [-0.05, 0) is 13.8 Å². The molecule has 1 radical (unpaired) electrons. The van der Waals surface area contributed by atoms with Gasteiger partial charge in [-0.25, -0.2) is 4.79 Å². The third-order valence-electron chi connectivity index (χ3n) is 2.34. The molecule has 9 heteroatoms. The molecule has 0 aromatic rings. The predicted molar refractivity (Wildman–Crippen MR) is 69.3 cm³/mol. The predicted octanol–water partition coefficient (Wildman–Crippen LogP) is -0.363. The van der Waals surface area contributed by atoms with Crippen LogP contribution in [0.15, 0.2) is 12.7 Å². The van der Waals surface area contributed by atoms with E-state index < -0.39 is 45.7 Å². The van der Waals surface area contributed by atoms with Crippen molar-refractivity contribution in [3.8, 4) is 0 Å². The van der Waals surface area contributed by atoms with E-state index in [1.807, 2.05) is 0 Å². The van der Waals surface area contributed by atoms with Crippen molar-refractivity contribution < 1.29 is 32.4 Å². The molecule has 2 N–H and O–H groups in total. The van der Waals surface area contributed by atoms with E-state index in [1.165, 1.54) is 6.92 Å². The first kappa shape index (κ1) is 20.9. The molecular weight excluding hydrogens is 287 g/mol. The van der Waals surface area contributed by atoms with Crippen LogP contribution in [-0.2, 0) is 24.4 Å². The first-order valence-corrected chi connectivity index (χ1v) is 6.44. The van der Waals surface area contributed by atoms with Crippen LogP contribution in [0.3, 0.4) is 0 Å². The fraction of sp³-hybridized carbons (Fsp3) is 0.500. The van der Waals surface area contributed by atoms with Crippen LogP contribution >= 0.6 is 0 Å². The molecule has 0 aromatic heterocycles. The van der Waals surface area contributed by atoms with Crippen LogP contribution < -0.4 is 0 Å². The summed E-state index contributed by atoms with van der Waals surface area (Å²) in [6.07, 6.45) is -0.796. The van der Waals surface area contributed by atoms with Crippen molar-refractivity contribution in [3.05, 3.63) is 19.6 Å². The number of hydrogen-bond acceptors (Lipinski definition) is 5. The van der Waals surface area contributed by atoms with E-state index in [1.54, 1.807) is 0 Å². The number of esters is 1. The second-order valence-electron chi connectivity index (χ2n) is 3.66. The molecule has 0 spiro atoms. The molecule has 3 atom stereocenters. The van der Waals surface area contributed by atoms with E-state index in [0.29, 0.717) is 0 Å². The molecule has 0 amide bonds. The van der Waals surface area contributed by atoms with Gasteiger partial charge in [-0.15, -0.1) is 0 Å². The van der Waals surface area contributed by atoms with Gasteiger partial charge in [-0.2, -0.15) is 8.42 Å². The van der Waals surface area contributed by atoms with Crippen molar-refractivity contribution in [1.82, 2.24) is 0 Å². The van der Waals surface area contributed by atoms with Gasteiger partial charge >= 0.3 is 41.5 Å². The Morgan fingerprint density at radius 3 is 2.21 bits per heavy atom. The molecular formula is C10H16NaO7S. The zero-order chi connectivity index (χ0) is 14.5. The van der Waals surface area contributed by atoms with Crippen molar-refractivity contribution in [2.75, 3.05) is 0 Å². The molecule has 0 saturated carbocycles. The topological polar surface area (TPSA) is 118 Å². The maximum atomic E-state index is 11.0. The Bertz CT molecular complexity index is 431. The number of ether oxygens (including phenoxy) is 1. The third-order valence-corrected chi connectivity index (χ3v) is 3.46. The zero-order valence-electron chi connectivity index (χ0n) is 9.77. The summed E-state index contributed by atoms with van der Waals surface area (Å²) in [6, 6.07) is 0. The van der Waals surface area contributed by atoms with Gasteiger partial charge in [0, 0.05) is 12.0 Å². The van der Waals surface area contributed by atoms with Crippen molar-refractivity contribution in [3.63, 3.8) is 0 Å². The second-order valence-corrected chi connectivity index (χ2v) is 5.30. The molecule has 0 heterocycles. The number of carboxylic acids is 1. The average molecular weight is 303 g/mol. The van der Waals surface area contributed by atoms with Crippen molar-refractivity contribution in [2.45, 2.75) is 24.7 Å². The first-order valence-electron chi connectivity index (χ1n) is 4.93. The minimum absolute atomic E-state index is 0. The number of rotatable bonds is 7. The standard InChI is InChI=1S/C10H15O7S.Na.H/c1-4-10(13)17-6(2)8(5-9(11)12)7(3)18(14,15)16;;/h4,6-8H,1,3,5H2,2H3,(H,11,12)(H,14,15,16);;. The number of carbonyl (C=O) groups excluding carboxylic acids is 1. The summed E-state index contributed by atoms with van der Waals surface area (Å²) < 4.78 is 35.5. The number of hydrogen-bond donors (Lipinski definition) is 2. The van der Waals surface area contributed by atoms with Crippen LogP contribution in [0.4, 0.5) is 0 Å². The summed E-state index contributed by atoms with van der Waals surface area (Å²) in [6.45, 7) is 7.67. The Morgan fingerprint density at radius 2 is 1.89 bits per heavy atom. The van der Waals surface area contributed by atoms with Crippen LogP contribution in [0.5, 0.6) is 0 Å². The van der Waals surface area contributed by atoms with Gasteiger partial charge in [0.25, 0.3) is 10.1 Å². The minimum atomic E-state index is -4.53. The summed E-state index contributed by atoms with van der Waals surface area (Å²) in [4.78, 5) is 21.6. The fourth-order valence-corrected chi connectivity index (χ4v) is 2.10. The van der Waals surface area contributed by atoms with Crippen molar-refractivity contribution in [1.29, 1.82) is 0 Å². The van der Waals surface area contributed by atoms with Gasteiger partial charge in [-0.3, -0.25) is 9.35 Å². The van der Waals surface area contributed by atoms with E-state index in [9.17, 15) is 18.0 Å². The van der Waals surface area contributed by atoms with E-state index in [-0.39, 0.29) is 29.6 Å². The van der Waals surface area contributed by atoms with Crippen LogP contribution in [0.1, 0.15) is 13.3 Å². The third kappa shape index (κ3) is 7.68. The molecule has 0 aliphatic rings. The van der Waals surface area contributed by atoms with Crippen LogP contribution in [0.25, 0.3) is 0 Å². The molecule has 0 aliphatic carbocycles. The molecule has 0 saturated heterocycles. The van der Waals surface area contributed by atoms with Crippen LogP contribution in [-0.4, -0.2) is 70.9 Å². The summed E-state index contributed by atoms with van der Waals surface area (Å²) in [5, 5.41) is 7.06. The molecule has 19 heavy (non-hydrogen) atoms. The van der Waals surface area contributed by atoms with E-state index in [2.05, 4.69) is 13.5 Å². The van der Waals surface area contributed by atoms with Gasteiger partial charge in [0.2, 0.25) is 0 Å². The van der Waals surface area contributed by atoms with Gasteiger partial charge in [-0.1, -0.05) is 6.58 Å². The number of aliphatic carboxylic acids is 1. The van der Waals surface area contributed by atoms with Crippen LogP contribution in [0.2, 0.25) is 0 Å². The Hall–Kier alpha value is -0.410. The molecule has 105 valence electrons. The second kappa shape index (κ2) is 8.70. The van der Waals surface area contributed by atoms with Gasteiger partial charge in [0.15, 0.2) is 0 Å². The molecule has 0 bridgehead atoms. The molecule has 7 nitrogen and oxygen atoms in total. The Kier molecular flexibility index (Phi) is 9.57. The molecule has 0 aromatic carbocycles. The summed E-state index contributed by atoms with van der Waals surface area (Å²) in [7, 11) is -4.53. The molecule has 0 aliphatic heterocycles. The number of carbonyl (C=O) groups is 2. The molecule has 0 rings (SSSR count). The molecule has 3 unspecified atom stereocenters. The van der Waals surface area contributed by atoms with Gasteiger partial charge in [0.05, 0.1) is 11.7 Å². The summed E-state index contributed by atoms with van der Waals surface area (Å²) >= 11 is 0. The maximum absolute atomic E-state index is 11.0. The summed E-state index contributed by atoms with van der Waals surface area (Å²) in [5.74, 6) is -3.28. The van der Waals surface area contributed by atoms with Gasteiger partial charge in [0.1, 0.15) is 6.10 Å². The Balaban J connectivity index is 0. The van der Waals surface area contributed by atoms with Gasteiger partial charge < -0.3 is 9.84 Å².